The van der Waals surface area contributed by atoms with Gasteiger partial charge in [-0.25, -0.2) is 8.42 Å². The van der Waals surface area contributed by atoms with E-state index < -0.39 is 10.0 Å². The zero-order valence-corrected chi connectivity index (χ0v) is 16.0. The van der Waals surface area contributed by atoms with Crippen LogP contribution in [0.1, 0.15) is 22.3 Å². The Bertz CT molecular complexity index is 854. The molecule has 1 fully saturated rings. The van der Waals surface area contributed by atoms with Crippen LogP contribution in [0.2, 0.25) is 0 Å². The van der Waals surface area contributed by atoms with E-state index in [1.54, 1.807) is 16.4 Å². The van der Waals surface area contributed by atoms with Gasteiger partial charge in [0, 0.05) is 32.7 Å². The fourth-order valence-electron chi connectivity index (χ4n) is 3.18. The van der Waals surface area contributed by atoms with E-state index in [9.17, 15) is 8.42 Å². The summed E-state index contributed by atoms with van der Waals surface area (Å²) >= 11 is 0. The van der Waals surface area contributed by atoms with Gasteiger partial charge in [0.15, 0.2) is 0 Å². The number of rotatable bonds is 4. The predicted octanol–water partition coefficient (Wildman–Crippen LogP) is 3.12. The van der Waals surface area contributed by atoms with Crippen LogP contribution in [0.3, 0.4) is 0 Å². The molecule has 0 amide bonds. The molecule has 4 nitrogen and oxygen atoms in total. The van der Waals surface area contributed by atoms with Gasteiger partial charge in [0.2, 0.25) is 10.0 Å². The summed E-state index contributed by atoms with van der Waals surface area (Å²) in [6.07, 6.45) is 0. The van der Waals surface area contributed by atoms with E-state index in [0.717, 1.165) is 30.8 Å². The van der Waals surface area contributed by atoms with Crippen molar-refractivity contribution in [1.29, 1.82) is 0 Å². The molecule has 2 aromatic rings. The van der Waals surface area contributed by atoms with Gasteiger partial charge in [-0.05, 0) is 55.2 Å². The summed E-state index contributed by atoms with van der Waals surface area (Å²) in [6.45, 7) is 9.56. The normalized spacial score (nSPS) is 16.9. The van der Waals surface area contributed by atoms with Crippen LogP contribution in [0.4, 0.5) is 0 Å². The van der Waals surface area contributed by atoms with Crippen molar-refractivity contribution in [1.82, 2.24) is 9.21 Å². The molecule has 2 aromatic carbocycles. The minimum atomic E-state index is -3.40. The standard InChI is InChI=1S/C20H26N2O2S/c1-16-8-9-20(14-18(16)3)25(23,24)22-12-10-21(11-13-22)15-19-7-5-4-6-17(19)2/h4-9,14H,10-13,15H2,1-3H3. The molecule has 5 heteroatoms. The molecular weight excluding hydrogens is 332 g/mol. The molecule has 0 radical (unpaired) electrons. The quantitative estimate of drug-likeness (QED) is 0.843. The molecule has 1 aliphatic heterocycles. The molecular formula is C20H26N2O2S. The highest BCUT2D eigenvalue weighted by Crippen LogP contribution is 2.21. The third-order valence-corrected chi connectivity index (χ3v) is 7.00. The highest BCUT2D eigenvalue weighted by molar-refractivity contribution is 7.89. The first-order chi connectivity index (χ1) is 11.9. The van der Waals surface area contributed by atoms with Gasteiger partial charge in [-0.15, -0.1) is 0 Å². The summed E-state index contributed by atoms with van der Waals surface area (Å²) in [4.78, 5) is 2.73. The van der Waals surface area contributed by atoms with Crippen molar-refractivity contribution in [2.75, 3.05) is 26.2 Å². The third-order valence-electron chi connectivity index (χ3n) is 5.10. The Balaban J connectivity index is 1.67. The number of aryl methyl sites for hydroxylation is 3. The van der Waals surface area contributed by atoms with Gasteiger partial charge in [0.05, 0.1) is 4.90 Å². The van der Waals surface area contributed by atoms with Crippen molar-refractivity contribution in [3.63, 3.8) is 0 Å². The molecule has 134 valence electrons. The minimum Gasteiger partial charge on any atom is -0.296 e. The number of nitrogens with zero attached hydrogens (tertiary/aromatic N) is 2. The Hall–Kier alpha value is -1.69. The summed E-state index contributed by atoms with van der Waals surface area (Å²) in [7, 11) is -3.40. The van der Waals surface area contributed by atoms with E-state index >= 15 is 0 Å². The lowest BCUT2D eigenvalue weighted by atomic mass is 10.1. The Kier molecular flexibility index (Phi) is 5.27. The van der Waals surface area contributed by atoms with Gasteiger partial charge in [0.1, 0.15) is 0 Å². The number of benzene rings is 2. The Morgan fingerprint density at radius 2 is 1.52 bits per heavy atom. The number of hydrogen-bond donors (Lipinski definition) is 0. The van der Waals surface area contributed by atoms with E-state index in [-0.39, 0.29) is 0 Å². The van der Waals surface area contributed by atoms with Gasteiger partial charge in [-0.3, -0.25) is 4.90 Å². The first-order valence-electron chi connectivity index (χ1n) is 8.72. The largest absolute Gasteiger partial charge is 0.296 e. The van der Waals surface area contributed by atoms with E-state index in [1.165, 1.54) is 11.1 Å². The van der Waals surface area contributed by atoms with E-state index in [0.29, 0.717) is 18.0 Å². The second-order valence-corrected chi connectivity index (χ2v) is 8.79. The highest BCUT2D eigenvalue weighted by Gasteiger charge is 2.28. The van der Waals surface area contributed by atoms with Crippen LogP contribution in [0.25, 0.3) is 0 Å². The van der Waals surface area contributed by atoms with Crippen molar-refractivity contribution < 1.29 is 8.42 Å². The lowest BCUT2D eigenvalue weighted by Gasteiger charge is -2.34. The van der Waals surface area contributed by atoms with Crippen LogP contribution in [0, 0.1) is 20.8 Å². The smallest absolute Gasteiger partial charge is 0.243 e. The van der Waals surface area contributed by atoms with Crippen LogP contribution in [0.5, 0.6) is 0 Å². The van der Waals surface area contributed by atoms with Gasteiger partial charge in [-0.2, -0.15) is 4.31 Å². The number of hydrogen-bond acceptors (Lipinski definition) is 3. The van der Waals surface area contributed by atoms with E-state index in [4.69, 9.17) is 0 Å². The van der Waals surface area contributed by atoms with Crippen molar-refractivity contribution >= 4 is 10.0 Å². The zero-order valence-electron chi connectivity index (χ0n) is 15.2. The fraction of sp³-hybridized carbons (Fsp3) is 0.400. The summed E-state index contributed by atoms with van der Waals surface area (Å²) in [6, 6.07) is 13.8. The van der Waals surface area contributed by atoms with Gasteiger partial charge >= 0.3 is 0 Å². The monoisotopic (exact) mass is 358 g/mol. The summed E-state index contributed by atoms with van der Waals surface area (Å²) in [5.74, 6) is 0. The first kappa shape index (κ1) is 18.1. The van der Waals surface area contributed by atoms with E-state index in [1.807, 2.05) is 26.0 Å². The SMILES string of the molecule is Cc1ccc(S(=O)(=O)N2CCN(Cc3ccccc3C)CC2)cc1C. The first-order valence-corrected chi connectivity index (χ1v) is 10.2. The average molecular weight is 359 g/mol. The van der Waals surface area contributed by atoms with Crippen LogP contribution < -0.4 is 0 Å². The van der Waals surface area contributed by atoms with Gasteiger partial charge < -0.3 is 0 Å². The molecule has 0 aliphatic carbocycles. The molecule has 0 aromatic heterocycles. The molecule has 0 atom stereocenters. The maximum atomic E-state index is 12.9. The Labute approximate surface area is 151 Å². The second-order valence-electron chi connectivity index (χ2n) is 6.85. The predicted molar refractivity (Wildman–Crippen MR) is 101 cm³/mol. The molecule has 1 saturated heterocycles. The average Bonchev–Trinajstić information content (AvgIpc) is 2.60. The fourth-order valence-corrected chi connectivity index (χ4v) is 4.69. The molecule has 25 heavy (non-hydrogen) atoms. The van der Waals surface area contributed by atoms with Gasteiger partial charge in [0.25, 0.3) is 0 Å². The van der Waals surface area contributed by atoms with Crippen LogP contribution in [0.15, 0.2) is 47.4 Å². The van der Waals surface area contributed by atoms with Gasteiger partial charge in [-0.1, -0.05) is 30.3 Å². The third kappa shape index (κ3) is 3.94. The Morgan fingerprint density at radius 1 is 0.840 bits per heavy atom. The summed E-state index contributed by atoms with van der Waals surface area (Å²) in [5.41, 5.74) is 4.72. The molecule has 0 saturated carbocycles. The lowest BCUT2D eigenvalue weighted by Crippen LogP contribution is -2.48. The maximum absolute atomic E-state index is 12.9. The zero-order chi connectivity index (χ0) is 18.0. The number of piperazine rings is 1. The highest BCUT2D eigenvalue weighted by atomic mass is 32.2. The summed E-state index contributed by atoms with van der Waals surface area (Å²) in [5, 5.41) is 0. The molecule has 0 N–H and O–H groups in total. The molecule has 3 rings (SSSR count). The maximum Gasteiger partial charge on any atom is 0.243 e. The van der Waals surface area contributed by atoms with Crippen LogP contribution in [-0.4, -0.2) is 43.8 Å². The molecule has 0 unspecified atom stereocenters. The topological polar surface area (TPSA) is 40.6 Å². The summed E-state index contributed by atoms with van der Waals surface area (Å²) < 4.78 is 27.4. The minimum absolute atomic E-state index is 0.406. The van der Waals surface area contributed by atoms with E-state index in [2.05, 4.69) is 30.0 Å². The van der Waals surface area contributed by atoms with Crippen molar-refractivity contribution in [2.45, 2.75) is 32.2 Å². The molecule has 0 spiro atoms. The second kappa shape index (κ2) is 7.28. The van der Waals surface area contributed by atoms with Crippen LogP contribution in [-0.2, 0) is 16.6 Å². The number of sulfonamides is 1. The van der Waals surface area contributed by atoms with Crippen molar-refractivity contribution in [2.24, 2.45) is 0 Å². The van der Waals surface area contributed by atoms with Crippen molar-refractivity contribution in [3.05, 3.63) is 64.7 Å². The lowest BCUT2D eigenvalue weighted by molar-refractivity contribution is 0.181. The molecule has 1 heterocycles. The van der Waals surface area contributed by atoms with Crippen molar-refractivity contribution in [3.8, 4) is 0 Å². The Morgan fingerprint density at radius 3 is 2.16 bits per heavy atom. The molecule has 1 aliphatic rings. The van der Waals surface area contributed by atoms with Crippen LogP contribution >= 0.6 is 0 Å². The molecule has 0 bridgehead atoms.